The van der Waals surface area contributed by atoms with Gasteiger partial charge >= 0.3 is 0 Å². The van der Waals surface area contributed by atoms with Crippen molar-refractivity contribution in [3.8, 4) is 0 Å². The largest absolute Gasteiger partial charge is 0.394 e. The SMILES string of the molecule is OCC(O)CN1CCCCCCC1. The number of rotatable bonds is 3. The van der Waals surface area contributed by atoms with Gasteiger partial charge in [0.05, 0.1) is 12.7 Å². The number of β-amino-alcohol motifs (C(OH)–C–C–N with tert-alkyl or cyclic N) is 1. The lowest BCUT2D eigenvalue weighted by molar-refractivity contribution is 0.0567. The molecule has 78 valence electrons. The molecule has 1 unspecified atom stereocenters. The predicted octanol–water partition coefficient (Wildman–Crippen LogP) is 0.606. The van der Waals surface area contributed by atoms with Gasteiger partial charge in [-0.25, -0.2) is 0 Å². The van der Waals surface area contributed by atoms with Crippen molar-refractivity contribution in [2.45, 2.75) is 38.2 Å². The van der Waals surface area contributed by atoms with Crippen LogP contribution >= 0.6 is 0 Å². The molecule has 0 amide bonds. The van der Waals surface area contributed by atoms with Gasteiger partial charge in [-0.3, -0.25) is 0 Å². The van der Waals surface area contributed by atoms with E-state index >= 15 is 0 Å². The molecule has 0 aliphatic carbocycles. The van der Waals surface area contributed by atoms with Gasteiger partial charge in [0.2, 0.25) is 0 Å². The van der Waals surface area contributed by atoms with E-state index in [2.05, 4.69) is 4.90 Å². The molecule has 1 fully saturated rings. The highest BCUT2D eigenvalue weighted by Gasteiger charge is 2.11. The minimum atomic E-state index is -0.556. The van der Waals surface area contributed by atoms with Crippen LogP contribution in [0.3, 0.4) is 0 Å². The molecular weight excluding hydrogens is 166 g/mol. The Hall–Kier alpha value is -0.120. The molecule has 1 saturated heterocycles. The lowest BCUT2D eigenvalue weighted by Gasteiger charge is -2.25. The molecule has 3 nitrogen and oxygen atoms in total. The molecule has 2 N–H and O–H groups in total. The Bertz CT molecular complexity index is 122. The summed E-state index contributed by atoms with van der Waals surface area (Å²) in [4.78, 5) is 2.26. The molecule has 1 heterocycles. The van der Waals surface area contributed by atoms with E-state index < -0.39 is 6.10 Å². The van der Waals surface area contributed by atoms with E-state index in [9.17, 15) is 5.11 Å². The Morgan fingerprint density at radius 3 is 2.08 bits per heavy atom. The quantitative estimate of drug-likeness (QED) is 0.680. The van der Waals surface area contributed by atoms with Crippen molar-refractivity contribution in [1.82, 2.24) is 4.90 Å². The predicted molar refractivity (Wildman–Crippen MR) is 52.6 cm³/mol. The normalized spacial score (nSPS) is 23.5. The third kappa shape index (κ3) is 4.60. The van der Waals surface area contributed by atoms with Gasteiger partial charge < -0.3 is 15.1 Å². The van der Waals surface area contributed by atoms with E-state index in [4.69, 9.17) is 5.11 Å². The molecule has 0 aromatic carbocycles. The van der Waals surface area contributed by atoms with Crippen LogP contribution in [0.2, 0.25) is 0 Å². The zero-order valence-corrected chi connectivity index (χ0v) is 8.28. The molecule has 1 rings (SSSR count). The fraction of sp³-hybridized carbons (Fsp3) is 1.00. The lowest BCUT2D eigenvalue weighted by atomic mass is 10.1. The Morgan fingerprint density at radius 1 is 1.00 bits per heavy atom. The number of aliphatic hydroxyl groups excluding tert-OH is 2. The van der Waals surface area contributed by atoms with Crippen LogP contribution < -0.4 is 0 Å². The second-order valence-corrected chi connectivity index (χ2v) is 3.90. The second kappa shape index (κ2) is 6.35. The van der Waals surface area contributed by atoms with Crippen molar-refractivity contribution in [1.29, 1.82) is 0 Å². The molecule has 1 aliphatic heterocycles. The summed E-state index contributed by atoms with van der Waals surface area (Å²) in [7, 11) is 0. The Balaban J connectivity index is 2.21. The molecular formula is C10H21NO2. The Morgan fingerprint density at radius 2 is 1.54 bits per heavy atom. The Kier molecular flexibility index (Phi) is 5.35. The third-order valence-corrected chi connectivity index (χ3v) is 2.63. The summed E-state index contributed by atoms with van der Waals surface area (Å²) in [5.74, 6) is 0. The summed E-state index contributed by atoms with van der Waals surface area (Å²) in [5.41, 5.74) is 0. The third-order valence-electron chi connectivity index (χ3n) is 2.63. The topological polar surface area (TPSA) is 43.7 Å². The number of likely N-dealkylation sites (tertiary alicyclic amines) is 1. The molecule has 0 spiro atoms. The summed E-state index contributed by atoms with van der Waals surface area (Å²) in [5, 5.41) is 18.0. The first-order valence-corrected chi connectivity index (χ1v) is 5.34. The van der Waals surface area contributed by atoms with E-state index in [1.807, 2.05) is 0 Å². The van der Waals surface area contributed by atoms with E-state index in [0.717, 1.165) is 13.1 Å². The number of hydrogen-bond donors (Lipinski definition) is 2. The zero-order chi connectivity index (χ0) is 9.52. The van der Waals surface area contributed by atoms with Gasteiger partial charge in [0, 0.05) is 6.54 Å². The first-order valence-electron chi connectivity index (χ1n) is 5.34. The molecule has 1 aliphatic rings. The fourth-order valence-corrected chi connectivity index (χ4v) is 1.85. The van der Waals surface area contributed by atoms with Crippen LogP contribution in [0.4, 0.5) is 0 Å². The summed E-state index contributed by atoms with van der Waals surface area (Å²) < 4.78 is 0. The van der Waals surface area contributed by atoms with E-state index in [-0.39, 0.29) is 6.61 Å². The van der Waals surface area contributed by atoms with Crippen molar-refractivity contribution in [2.24, 2.45) is 0 Å². The standard InChI is InChI=1S/C10H21NO2/c12-9-10(13)8-11-6-4-2-1-3-5-7-11/h10,12-13H,1-9H2. The van der Waals surface area contributed by atoms with Crippen molar-refractivity contribution in [3.05, 3.63) is 0 Å². The number of nitrogens with zero attached hydrogens (tertiary/aromatic N) is 1. The molecule has 0 radical (unpaired) electrons. The highest BCUT2D eigenvalue weighted by Crippen LogP contribution is 2.10. The monoisotopic (exact) mass is 187 g/mol. The van der Waals surface area contributed by atoms with Gasteiger partial charge in [-0.15, -0.1) is 0 Å². The first kappa shape index (κ1) is 11.0. The molecule has 0 aromatic heterocycles. The molecule has 0 saturated carbocycles. The van der Waals surface area contributed by atoms with E-state index in [1.54, 1.807) is 0 Å². The first-order chi connectivity index (χ1) is 6.33. The molecule has 0 aromatic rings. The van der Waals surface area contributed by atoms with Crippen molar-refractivity contribution < 1.29 is 10.2 Å². The van der Waals surface area contributed by atoms with Gasteiger partial charge in [-0.05, 0) is 25.9 Å². The average Bonchev–Trinajstić information content (AvgIpc) is 2.09. The van der Waals surface area contributed by atoms with Crippen LogP contribution in [0, 0.1) is 0 Å². The maximum atomic E-state index is 9.28. The smallest absolute Gasteiger partial charge is 0.0897 e. The maximum absolute atomic E-state index is 9.28. The summed E-state index contributed by atoms with van der Waals surface area (Å²) >= 11 is 0. The molecule has 1 atom stereocenters. The van der Waals surface area contributed by atoms with E-state index in [0.29, 0.717) is 6.54 Å². The average molecular weight is 187 g/mol. The Labute approximate surface area is 80.4 Å². The van der Waals surface area contributed by atoms with Crippen molar-refractivity contribution in [3.63, 3.8) is 0 Å². The van der Waals surface area contributed by atoms with Crippen LogP contribution in [0.1, 0.15) is 32.1 Å². The molecule has 0 bridgehead atoms. The summed E-state index contributed by atoms with van der Waals surface area (Å²) in [6.07, 6.45) is 5.89. The minimum absolute atomic E-state index is 0.115. The van der Waals surface area contributed by atoms with Gasteiger partial charge in [0.25, 0.3) is 0 Å². The molecule has 13 heavy (non-hydrogen) atoms. The number of aliphatic hydroxyl groups is 2. The summed E-state index contributed by atoms with van der Waals surface area (Å²) in [6, 6.07) is 0. The van der Waals surface area contributed by atoms with Crippen LogP contribution in [-0.4, -0.2) is 47.5 Å². The van der Waals surface area contributed by atoms with Gasteiger partial charge in [-0.1, -0.05) is 19.3 Å². The molecule has 3 heteroatoms. The van der Waals surface area contributed by atoms with Gasteiger partial charge in [-0.2, -0.15) is 0 Å². The van der Waals surface area contributed by atoms with Gasteiger partial charge in [0.15, 0.2) is 0 Å². The van der Waals surface area contributed by atoms with Crippen LogP contribution in [0.5, 0.6) is 0 Å². The van der Waals surface area contributed by atoms with Crippen molar-refractivity contribution >= 4 is 0 Å². The van der Waals surface area contributed by atoms with Crippen LogP contribution in [0.15, 0.2) is 0 Å². The van der Waals surface area contributed by atoms with Crippen LogP contribution in [-0.2, 0) is 0 Å². The lowest BCUT2D eigenvalue weighted by Crippen LogP contribution is -2.36. The van der Waals surface area contributed by atoms with Gasteiger partial charge in [0.1, 0.15) is 0 Å². The van der Waals surface area contributed by atoms with E-state index in [1.165, 1.54) is 32.1 Å². The zero-order valence-electron chi connectivity index (χ0n) is 8.28. The fourth-order valence-electron chi connectivity index (χ4n) is 1.85. The second-order valence-electron chi connectivity index (χ2n) is 3.90. The maximum Gasteiger partial charge on any atom is 0.0897 e. The highest BCUT2D eigenvalue weighted by atomic mass is 16.3. The highest BCUT2D eigenvalue weighted by molar-refractivity contribution is 4.66. The minimum Gasteiger partial charge on any atom is -0.394 e. The van der Waals surface area contributed by atoms with Crippen molar-refractivity contribution in [2.75, 3.05) is 26.2 Å². The summed E-state index contributed by atoms with van der Waals surface area (Å²) in [6.45, 7) is 2.68. The van der Waals surface area contributed by atoms with Crippen LogP contribution in [0.25, 0.3) is 0 Å². The number of hydrogen-bond acceptors (Lipinski definition) is 3.